The molecule has 1 saturated heterocycles. The van der Waals surface area contributed by atoms with Crippen molar-refractivity contribution < 1.29 is 0 Å². The molecule has 1 aliphatic heterocycles. The Labute approximate surface area is 124 Å². The lowest BCUT2D eigenvalue weighted by Crippen LogP contribution is -2.62. The fourth-order valence-corrected chi connectivity index (χ4v) is 3.99. The molecule has 0 aromatic carbocycles. The lowest BCUT2D eigenvalue weighted by molar-refractivity contribution is 0.0622. The maximum Gasteiger partial charge on any atom is 0.0285 e. The lowest BCUT2D eigenvalue weighted by atomic mass is 9.83. The van der Waals surface area contributed by atoms with Gasteiger partial charge in [-0.15, -0.1) is 0 Å². The Kier molecular flexibility index (Phi) is 4.59. The van der Waals surface area contributed by atoms with Crippen molar-refractivity contribution in [3.63, 3.8) is 0 Å². The lowest BCUT2D eigenvalue weighted by Gasteiger charge is -2.47. The zero-order chi connectivity index (χ0) is 14.3. The summed E-state index contributed by atoms with van der Waals surface area (Å²) in [6, 6.07) is 1.34. The number of piperazine rings is 1. The van der Waals surface area contributed by atoms with Crippen molar-refractivity contribution >= 4 is 11.8 Å². The summed E-state index contributed by atoms with van der Waals surface area (Å²) < 4.78 is 0.590. The Hall–Kier alpha value is 0.270. The van der Waals surface area contributed by atoms with Crippen molar-refractivity contribution in [2.24, 2.45) is 11.3 Å². The van der Waals surface area contributed by atoms with Crippen LogP contribution in [0.1, 0.15) is 47.5 Å². The first-order valence-corrected chi connectivity index (χ1v) is 9.02. The Morgan fingerprint density at radius 1 is 1.32 bits per heavy atom. The molecule has 3 heteroatoms. The number of thioether (sulfide) groups is 1. The van der Waals surface area contributed by atoms with Gasteiger partial charge in [0.2, 0.25) is 0 Å². The summed E-state index contributed by atoms with van der Waals surface area (Å²) in [4.78, 5) is 2.79. The Bertz CT molecular complexity index is 304. The summed E-state index contributed by atoms with van der Waals surface area (Å²) in [5.74, 6) is 0.742. The molecule has 2 atom stereocenters. The quantitative estimate of drug-likeness (QED) is 0.853. The van der Waals surface area contributed by atoms with Crippen LogP contribution in [0.4, 0.5) is 0 Å². The molecule has 2 unspecified atom stereocenters. The Morgan fingerprint density at radius 3 is 2.37 bits per heavy atom. The van der Waals surface area contributed by atoms with Gasteiger partial charge in [0.15, 0.2) is 0 Å². The molecule has 1 heterocycles. The van der Waals surface area contributed by atoms with Crippen LogP contribution in [-0.2, 0) is 0 Å². The summed E-state index contributed by atoms with van der Waals surface area (Å²) in [5, 5.41) is 3.80. The molecule has 2 nitrogen and oxygen atoms in total. The van der Waals surface area contributed by atoms with Crippen molar-refractivity contribution in [3.05, 3.63) is 0 Å². The van der Waals surface area contributed by atoms with Gasteiger partial charge >= 0.3 is 0 Å². The van der Waals surface area contributed by atoms with Gasteiger partial charge in [0.05, 0.1) is 0 Å². The highest BCUT2D eigenvalue weighted by Crippen LogP contribution is 2.48. The molecule has 2 fully saturated rings. The van der Waals surface area contributed by atoms with Crippen LogP contribution in [0.2, 0.25) is 0 Å². The number of hydrogen-bond donors (Lipinski definition) is 1. The van der Waals surface area contributed by atoms with Crippen LogP contribution in [0.25, 0.3) is 0 Å². The predicted octanol–water partition coefficient (Wildman–Crippen LogP) is 3.23. The van der Waals surface area contributed by atoms with Gasteiger partial charge in [-0.2, -0.15) is 11.8 Å². The second kappa shape index (κ2) is 5.57. The minimum absolute atomic E-state index is 0.357. The monoisotopic (exact) mass is 284 g/mol. The highest BCUT2D eigenvalue weighted by molar-refractivity contribution is 8.00. The number of rotatable bonds is 4. The third kappa shape index (κ3) is 3.68. The summed E-state index contributed by atoms with van der Waals surface area (Å²) in [5.41, 5.74) is 0.357. The van der Waals surface area contributed by atoms with Crippen LogP contribution in [-0.4, -0.2) is 47.6 Å². The van der Waals surface area contributed by atoms with Crippen molar-refractivity contribution in [3.8, 4) is 0 Å². The standard InChI is InChI=1S/C16H32N2S/c1-12(2)13-9-17-14(15(3,4)5)10-18(13)11-16(19-6)7-8-16/h12-14,17H,7-11H2,1-6H3. The fourth-order valence-electron chi connectivity index (χ4n) is 3.18. The van der Waals surface area contributed by atoms with Gasteiger partial charge in [-0.25, -0.2) is 0 Å². The third-order valence-corrected chi connectivity index (χ3v) is 6.41. The van der Waals surface area contributed by atoms with Gasteiger partial charge < -0.3 is 5.32 Å². The van der Waals surface area contributed by atoms with E-state index in [4.69, 9.17) is 0 Å². The molecule has 112 valence electrons. The molecule has 2 rings (SSSR count). The van der Waals surface area contributed by atoms with Gasteiger partial charge in [-0.1, -0.05) is 34.6 Å². The zero-order valence-electron chi connectivity index (χ0n) is 13.6. The predicted molar refractivity (Wildman–Crippen MR) is 86.9 cm³/mol. The van der Waals surface area contributed by atoms with E-state index in [1.807, 2.05) is 0 Å². The summed E-state index contributed by atoms with van der Waals surface area (Å²) >= 11 is 2.09. The van der Waals surface area contributed by atoms with E-state index < -0.39 is 0 Å². The first-order chi connectivity index (χ1) is 8.77. The number of hydrogen-bond acceptors (Lipinski definition) is 3. The van der Waals surface area contributed by atoms with Crippen molar-refractivity contribution in [1.82, 2.24) is 10.2 Å². The summed E-state index contributed by atoms with van der Waals surface area (Å²) in [6.07, 6.45) is 5.13. The SMILES string of the molecule is CSC1(CN2CC(C(C)(C)C)NCC2C(C)C)CC1. The van der Waals surface area contributed by atoms with Crippen molar-refractivity contribution in [2.75, 3.05) is 25.9 Å². The highest BCUT2D eigenvalue weighted by atomic mass is 32.2. The van der Waals surface area contributed by atoms with Crippen LogP contribution in [0.3, 0.4) is 0 Å². The van der Waals surface area contributed by atoms with E-state index in [0.717, 1.165) is 12.5 Å². The fraction of sp³-hybridized carbons (Fsp3) is 1.00. The minimum atomic E-state index is 0.357. The maximum atomic E-state index is 3.80. The molecule has 19 heavy (non-hydrogen) atoms. The van der Waals surface area contributed by atoms with Crippen LogP contribution in [0.5, 0.6) is 0 Å². The van der Waals surface area contributed by atoms with E-state index in [2.05, 4.69) is 62.9 Å². The van der Waals surface area contributed by atoms with Crippen molar-refractivity contribution in [1.29, 1.82) is 0 Å². The molecule has 0 spiro atoms. The smallest absolute Gasteiger partial charge is 0.0285 e. The van der Waals surface area contributed by atoms with E-state index in [0.29, 0.717) is 22.2 Å². The first-order valence-electron chi connectivity index (χ1n) is 7.80. The second-order valence-electron chi connectivity index (χ2n) is 7.95. The van der Waals surface area contributed by atoms with Crippen molar-refractivity contribution in [2.45, 2.75) is 64.3 Å². The molecule has 0 radical (unpaired) electrons. The van der Waals surface area contributed by atoms with Gasteiger partial charge in [0.1, 0.15) is 0 Å². The molecule has 2 aliphatic rings. The van der Waals surface area contributed by atoms with Gasteiger partial charge in [0, 0.05) is 36.5 Å². The Morgan fingerprint density at radius 2 is 1.95 bits per heavy atom. The zero-order valence-corrected chi connectivity index (χ0v) is 14.4. The second-order valence-corrected chi connectivity index (χ2v) is 9.23. The molecule has 1 saturated carbocycles. The molecule has 0 bridgehead atoms. The van der Waals surface area contributed by atoms with E-state index in [1.54, 1.807) is 0 Å². The van der Waals surface area contributed by atoms with Crippen LogP contribution >= 0.6 is 11.8 Å². The minimum Gasteiger partial charge on any atom is -0.311 e. The molecular weight excluding hydrogens is 252 g/mol. The molecule has 1 aliphatic carbocycles. The first kappa shape index (κ1) is 15.7. The van der Waals surface area contributed by atoms with Gasteiger partial charge in [0.25, 0.3) is 0 Å². The Balaban J connectivity index is 2.05. The van der Waals surface area contributed by atoms with E-state index in [9.17, 15) is 0 Å². The largest absolute Gasteiger partial charge is 0.311 e. The van der Waals surface area contributed by atoms with Gasteiger partial charge in [-0.3, -0.25) is 4.90 Å². The number of nitrogens with one attached hydrogen (secondary N) is 1. The average molecular weight is 285 g/mol. The maximum absolute atomic E-state index is 3.80. The molecular formula is C16H32N2S. The molecule has 0 aromatic heterocycles. The van der Waals surface area contributed by atoms with E-state index >= 15 is 0 Å². The normalized spacial score (nSPS) is 31.7. The van der Waals surface area contributed by atoms with Crippen LogP contribution in [0, 0.1) is 11.3 Å². The molecule has 1 N–H and O–H groups in total. The third-order valence-electron chi connectivity index (χ3n) is 5.01. The van der Waals surface area contributed by atoms with E-state index in [1.165, 1.54) is 25.9 Å². The van der Waals surface area contributed by atoms with Crippen LogP contribution < -0.4 is 5.32 Å². The summed E-state index contributed by atoms with van der Waals surface area (Å²) in [7, 11) is 0. The van der Waals surface area contributed by atoms with Crippen LogP contribution in [0.15, 0.2) is 0 Å². The average Bonchev–Trinajstić information content (AvgIpc) is 3.08. The molecule has 0 amide bonds. The molecule has 0 aromatic rings. The van der Waals surface area contributed by atoms with E-state index in [-0.39, 0.29) is 0 Å². The topological polar surface area (TPSA) is 15.3 Å². The summed E-state index contributed by atoms with van der Waals surface area (Å²) in [6.45, 7) is 15.5. The highest BCUT2D eigenvalue weighted by Gasteiger charge is 2.46. The number of nitrogens with zero attached hydrogens (tertiary/aromatic N) is 1. The van der Waals surface area contributed by atoms with Gasteiger partial charge in [-0.05, 0) is 30.4 Å².